The summed E-state index contributed by atoms with van der Waals surface area (Å²) < 4.78 is 0. The van der Waals surface area contributed by atoms with Crippen LogP contribution in [0.25, 0.3) is 21.9 Å². The third-order valence-corrected chi connectivity index (χ3v) is 4.74. The van der Waals surface area contributed by atoms with Crippen LogP contribution in [0.4, 0.5) is 4.79 Å². The Hall–Kier alpha value is -2.70. The average molecular weight is 338 g/mol. The Morgan fingerprint density at radius 3 is 3.08 bits per heavy atom. The van der Waals surface area contributed by atoms with Crippen LogP contribution in [0.1, 0.15) is 38.3 Å². The Morgan fingerprint density at radius 2 is 2.24 bits per heavy atom. The maximum atomic E-state index is 12.4. The summed E-state index contributed by atoms with van der Waals surface area (Å²) in [7, 11) is 0. The second-order valence-electron chi connectivity index (χ2n) is 6.91. The van der Waals surface area contributed by atoms with E-state index in [4.69, 9.17) is 0 Å². The molecule has 0 aliphatic carbocycles. The van der Waals surface area contributed by atoms with Crippen LogP contribution >= 0.6 is 0 Å². The molecular weight excluding hydrogens is 316 g/mol. The van der Waals surface area contributed by atoms with Crippen molar-refractivity contribution < 1.29 is 4.79 Å². The number of nitrogens with zero attached hydrogens (tertiary/aromatic N) is 4. The maximum absolute atomic E-state index is 12.4. The normalized spacial score (nSPS) is 18.2. The molecule has 1 unspecified atom stereocenters. The van der Waals surface area contributed by atoms with E-state index in [2.05, 4.69) is 25.3 Å². The highest BCUT2D eigenvalue weighted by Crippen LogP contribution is 2.33. The number of carbonyl (C=O) groups excluding carboxylic acids is 1. The van der Waals surface area contributed by atoms with Crippen molar-refractivity contribution >= 4 is 28.0 Å². The first-order valence-electron chi connectivity index (χ1n) is 8.75. The van der Waals surface area contributed by atoms with Gasteiger partial charge in [0.25, 0.3) is 0 Å². The van der Waals surface area contributed by atoms with Crippen molar-refractivity contribution in [1.29, 1.82) is 0 Å². The van der Waals surface area contributed by atoms with Gasteiger partial charge in [-0.2, -0.15) is 0 Å². The lowest BCUT2D eigenvalue weighted by molar-refractivity contribution is 0.177. The van der Waals surface area contributed by atoms with Crippen LogP contribution < -0.4 is 5.32 Å². The third kappa shape index (κ3) is 2.90. The number of amides is 2. The molecule has 1 aliphatic rings. The molecule has 3 aromatic heterocycles. The fourth-order valence-corrected chi connectivity index (χ4v) is 3.63. The van der Waals surface area contributed by atoms with E-state index >= 15 is 0 Å². The predicted molar refractivity (Wildman–Crippen MR) is 96.4 cm³/mol. The summed E-state index contributed by atoms with van der Waals surface area (Å²) in [6, 6.07) is 2.14. The zero-order chi connectivity index (χ0) is 17.4. The second kappa shape index (κ2) is 6.31. The van der Waals surface area contributed by atoms with Crippen molar-refractivity contribution in [2.75, 3.05) is 13.1 Å². The minimum absolute atomic E-state index is 0.0138. The molecule has 4 heterocycles. The number of fused-ring (bicyclic) bond motifs is 3. The first kappa shape index (κ1) is 15.8. The lowest BCUT2D eigenvalue weighted by Crippen LogP contribution is -2.47. The van der Waals surface area contributed by atoms with E-state index in [0.717, 1.165) is 47.0 Å². The lowest BCUT2D eigenvalue weighted by Gasteiger charge is -2.33. The van der Waals surface area contributed by atoms with Crippen LogP contribution in [0, 0.1) is 0 Å². The Kier molecular flexibility index (Phi) is 3.99. The number of H-pyrrole nitrogens is 1. The molecule has 1 saturated heterocycles. The Morgan fingerprint density at radius 1 is 1.36 bits per heavy atom. The second-order valence-corrected chi connectivity index (χ2v) is 6.91. The monoisotopic (exact) mass is 338 g/mol. The standard InChI is InChI=1S/C18H22N6O/c1-11(2)23-18(25)24-7-3-4-12(9-24)16-15-13-5-6-19-17(13)20-8-14(15)21-10-22-16/h5-6,8,10-12H,3-4,7,9H2,1-2H3,(H,21,22)(H,23,25). The van der Waals surface area contributed by atoms with E-state index in [1.54, 1.807) is 18.7 Å². The highest BCUT2D eigenvalue weighted by Gasteiger charge is 2.27. The van der Waals surface area contributed by atoms with Gasteiger partial charge in [0.2, 0.25) is 0 Å². The number of likely N-dealkylation sites (tertiary alicyclic amines) is 1. The number of nitrogens with one attached hydrogen (secondary N) is 2. The maximum Gasteiger partial charge on any atom is 0.317 e. The number of aromatic nitrogens is 4. The number of urea groups is 1. The molecule has 2 N–H and O–H groups in total. The van der Waals surface area contributed by atoms with Gasteiger partial charge in [0.15, 0.2) is 5.65 Å². The molecule has 7 nitrogen and oxygen atoms in total. The Balaban J connectivity index is 1.71. The molecule has 0 saturated carbocycles. The van der Waals surface area contributed by atoms with Crippen molar-refractivity contribution in [1.82, 2.24) is 30.2 Å². The number of rotatable bonds is 2. The van der Waals surface area contributed by atoms with E-state index in [1.807, 2.05) is 24.8 Å². The quantitative estimate of drug-likeness (QED) is 0.752. The highest BCUT2D eigenvalue weighted by molar-refractivity contribution is 6.04. The lowest BCUT2D eigenvalue weighted by atomic mass is 9.92. The first-order valence-corrected chi connectivity index (χ1v) is 8.75. The number of aromatic amines is 1. The van der Waals surface area contributed by atoms with E-state index in [0.29, 0.717) is 6.54 Å². The fraction of sp³-hybridized carbons (Fsp3) is 0.444. The van der Waals surface area contributed by atoms with Crippen molar-refractivity contribution in [3.63, 3.8) is 0 Å². The van der Waals surface area contributed by atoms with Crippen LogP contribution in [0.5, 0.6) is 0 Å². The van der Waals surface area contributed by atoms with Gasteiger partial charge in [-0.1, -0.05) is 0 Å². The SMILES string of the molecule is CC(C)NC(=O)N1CCCC(c2[nH]cnc3cnc4nccc4c23)C1. The van der Waals surface area contributed by atoms with Gasteiger partial charge >= 0.3 is 6.03 Å². The number of piperidine rings is 1. The van der Waals surface area contributed by atoms with Crippen LogP contribution in [0.15, 0.2) is 24.8 Å². The third-order valence-electron chi connectivity index (χ3n) is 4.74. The molecule has 7 heteroatoms. The molecule has 25 heavy (non-hydrogen) atoms. The summed E-state index contributed by atoms with van der Waals surface area (Å²) in [6.45, 7) is 5.46. The summed E-state index contributed by atoms with van der Waals surface area (Å²) in [6.07, 6.45) is 7.29. The molecule has 3 aromatic rings. The minimum atomic E-state index is 0.0138. The van der Waals surface area contributed by atoms with Gasteiger partial charge in [-0.05, 0) is 32.8 Å². The average Bonchev–Trinajstić information content (AvgIpc) is 3.09. The molecule has 0 radical (unpaired) electrons. The molecule has 130 valence electrons. The largest absolute Gasteiger partial charge is 0.349 e. The number of pyridine rings is 1. The van der Waals surface area contributed by atoms with E-state index < -0.39 is 0 Å². The molecule has 4 rings (SSSR count). The molecular formula is C18H22N6O. The van der Waals surface area contributed by atoms with Crippen molar-refractivity contribution in [3.8, 4) is 0 Å². The van der Waals surface area contributed by atoms with Crippen molar-refractivity contribution in [2.45, 2.75) is 38.6 Å². The van der Waals surface area contributed by atoms with Gasteiger partial charge in [0.1, 0.15) is 0 Å². The predicted octanol–water partition coefficient (Wildman–Crippen LogP) is 2.80. The number of hydrogen-bond acceptors (Lipinski definition) is 4. The molecule has 1 fully saturated rings. The summed E-state index contributed by atoms with van der Waals surface area (Å²) >= 11 is 0. The molecule has 2 amide bonds. The van der Waals surface area contributed by atoms with Crippen LogP contribution in [-0.4, -0.2) is 50.0 Å². The van der Waals surface area contributed by atoms with Gasteiger partial charge < -0.3 is 15.2 Å². The fourth-order valence-electron chi connectivity index (χ4n) is 3.63. The van der Waals surface area contributed by atoms with Crippen LogP contribution in [-0.2, 0) is 0 Å². The molecule has 0 spiro atoms. The van der Waals surface area contributed by atoms with E-state index in [9.17, 15) is 4.79 Å². The zero-order valence-corrected chi connectivity index (χ0v) is 14.5. The van der Waals surface area contributed by atoms with Gasteiger partial charge in [-0.15, -0.1) is 0 Å². The van der Waals surface area contributed by atoms with Gasteiger partial charge in [-0.3, -0.25) is 0 Å². The van der Waals surface area contributed by atoms with Gasteiger partial charge in [-0.25, -0.2) is 19.7 Å². The zero-order valence-electron chi connectivity index (χ0n) is 14.5. The summed E-state index contributed by atoms with van der Waals surface area (Å²) in [5, 5.41) is 5.08. The smallest absolute Gasteiger partial charge is 0.317 e. The van der Waals surface area contributed by atoms with Gasteiger partial charge in [0.05, 0.1) is 18.0 Å². The molecule has 0 bridgehead atoms. The molecule has 1 atom stereocenters. The van der Waals surface area contributed by atoms with E-state index in [-0.39, 0.29) is 18.0 Å². The first-order chi connectivity index (χ1) is 12.1. The number of carbonyl (C=O) groups is 1. The Labute approximate surface area is 145 Å². The highest BCUT2D eigenvalue weighted by atomic mass is 16.2. The van der Waals surface area contributed by atoms with E-state index in [1.165, 1.54) is 0 Å². The minimum Gasteiger partial charge on any atom is -0.349 e. The molecule has 0 aromatic carbocycles. The van der Waals surface area contributed by atoms with Crippen molar-refractivity contribution in [2.24, 2.45) is 0 Å². The Bertz CT molecular complexity index is 918. The summed E-state index contributed by atoms with van der Waals surface area (Å²) in [5.41, 5.74) is 2.71. The summed E-state index contributed by atoms with van der Waals surface area (Å²) in [5.74, 6) is 0.248. The van der Waals surface area contributed by atoms with Crippen molar-refractivity contribution in [3.05, 3.63) is 30.5 Å². The number of hydrogen-bond donors (Lipinski definition) is 2. The van der Waals surface area contributed by atoms with Crippen LogP contribution in [0.2, 0.25) is 0 Å². The molecule has 1 aliphatic heterocycles. The topological polar surface area (TPSA) is 86.8 Å². The van der Waals surface area contributed by atoms with Crippen LogP contribution in [0.3, 0.4) is 0 Å². The van der Waals surface area contributed by atoms with Gasteiger partial charge in [0, 0.05) is 47.7 Å². The summed E-state index contributed by atoms with van der Waals surface area (Å²) in [4.78, 5) is 30.7.